The topological polar surface area (TPSA) is 20.3 Å². The Morgan fingerprint density at radius 2 is 1.50 bits per heavy atom. The average molecular weight is 245 g/mol. The van der Waals surface area contributed by atoms with E-state index in [-0.39, 0.29) is 0 Å². The first-order chi connectivity index (χ1) is 7.47. The molecule has 0 heterocycles. The molecule has 0 spiro atoms. The Hall–Kier alpha value is -0.180. The van der Waals surface area contributed by atoms with Gasteiger partial charge in [0.05, 0.1) is 5.75 Å². The predicted octanol–water partition coefficient (Wildman–Crippen LogP) is 3.27. The first-order valence-electron chi connectivity index (χ1n) is 6.24. The molecule has 0 aromatic rings. The fraction of sp³-hybridized carbons (Fsp3) is 0.923. The molecule has 0 atom stereocenters. The van der Waals surface area contributed by atoms with Crippen LogP contribution in [0.2, 0.25) is 0 Å². The summed E-state index contributed by atoms with van der Waals surface area (Å²) in [7, 11) is 0. The van der Waals surface area contributed by atoms with Crippen LogP contribution in [0.3, 0.4) is 0 Å². The van der Waals surface area contributed by atoms with Crippen LogP contribution in [0.4, 0.5) is 0 Å². The Kier molecular flexibility index (Phi) is 8.81. The van der Waals surface area contributed by atoms with Gasteiger partial charge in [0.15, 0.2) is 0 Å². The van der Waals surface area contributed by atoms with Gasteiger partial charge in [0.1, 0.15) is 0 Å². The number of thioether (sulfide) groups is 1. The van der Waals surface area contributed by atoms with E-state index in [2.05, 4.69) is 27.7 Å². The van der Waals surface area contributed by atoms with Crippen LogP contribution in [-0.4, -0.2) is 35.9 Å². The van der Waals surface area contributed by atoms with Gasteiger partial charge >= 0.3 is 0 Å². The van der Waals surface area contributed by atoms with Gasteiger partial charge in [-0.3, -0.25) is 4.79 Å². The molecular weight excluding hydrogens is 218 g/mol. The Morgan fingerprint density at radius 1 is 1.06 bits per heavy atom. The van der Waals surface area contributed by atoms with Gasteiger partial charge in [0, 0.05) is 13.1 Å². The van der Waals surface area contributed by atoms with Crippen LogP contribution in [0.25, 0.3) is 0 Å². The van der Waals surface area contributed by atoms with Crippen LogP contribution in [0.5, 0.6) is 0 Å². The lowest BCUT2D eigenvalue weighted by atomic mass is 10.1. The molecule has 0 rings (SSSR count). The van der Waals surface area contributed by atoms with Crippen molar-refractivity contribution in [2.45, 2.75) is 40.5 Å². The van der Waals surface area contributed by atoms with E-state index in [0.29, 0.717) is 23.5 Å². The molecule has 3 heteroatoms. The Bertz CT molecular complexity index is 180. The summed E-state index contributed by atoms with van der Waals surface area (Å²) >= 11 is 1.62. The minimum Gasteiger partial charge on any atom is -0.342 e. The van der Waals surface area contributed by atoms with Crippen LogP contribution >= 0.6 is 11.8 Å². The summed E-state index contributed by atoms with van der Waals surface area (Å²) in [6.45, 7) is 10.7. The number of nitrogens with zero attached hydrogens (tertiary/aromatic N) is 1. The molecule has 0 unspecified atom stereocenters. The zero-order chi connectivity index (χ0) is 12.6. The molecule has 0 aliphatic heterocycles. The van der Waals surface area contributed by atoms with Crippen molar-refractivity contribution in [3.8, 4) is 0 Å². The van der Waals surface area contributed by atoms with E-state index in [1.807, 2.05) is 11.2 Å². The van der Waals surface area contributed by atoms with Crippen molar-refractivity contribution in [2.24, 2.45) is 11.8 Å². The monoisotopic (exact) mass is 245 g/mol. The summed E-state index contributed by atoms with van der Waals surface area (Å²) in [6.07, 6.45) is 4.21. The molecule has 0 saturated heterocycles. The van der Waals surface area contributed by atoms with Crippen LogP contribution in [0.1, 0.15) is 40.5 Å². The second-order valence-corrected chi connectivity index (χ2v) is 6.04. The van der Waals surface area contributed by atoms with E-state index in [1.165, 1.54) is 0 Å². The first-order valence-corrected chi connectivity index (χ1v) is 7.63. The SMILES string of the molecule is CSCC(=O)N(CCC(C)C)CCC(C)C. The minimum absolute atomic E-state index is 0.300. The third-order valence-corrected chi connectivity index (χ3v) is 3.11. The summed E-state index contributed by atoms with van der Waals surface area (Å²) in [4.78, 5) is 13.9. The summed E-state index contributed by atoms with van der Waals surface area (Å²) in [5.41, 5.74) is 0. The molecule has 0 radical (unpaired) electrons. The van der Waals surface area contributed by atoms with E-state index >= 15 is 0 Å². The minimum atomic E-state index is 0.300. The molecule has 0 saturated carbocycles. The van der Waals surface area contributed by atoms with Gasteiger partial charge in [-0.25, -0.2) is 0 Å². The van der Waals surface area contributed by atoms with Crippen molar-refractivity contribution < 1.29 is 4.79 Å². The highest BCUT2D eigenvalue weighted by Crippen LogP contribution is 2.08. The number of carbonyl (C=O) groups is 1. The average Bonchev–Trinajstić information content (AvgIpc) is 2.17. The van der Waals surface area contributed by atoms with E-state index in [0.717, 1.165) is 25.9 Å². The van der Waals surface area contributed by atoms with Gasteiger partial charge in [-0.15, -0.1) is 0 Å². The second kappa shape index (κ2) is 8.91. The standard InChI is InChI=1S/C13H27NOS/c1-11(2)6-8-14(9-7-12(3)4)13(15)10-16-5/h11-12H,6-10H2,1-5H3. The molecular formula is C13H27NOS. The van der Waals surface area contributed by atoms with Gasteiger partial charge in [0.25, 0.3) is 0 Å². The Balaban J connectivity index is 4.09. The molecule has 2 nitrogen and oxygen atoms in total. The fourth-order valence-corrected chi connectivity index (χ4v) is 1.83. The summed E-state index contributed by atoms with van der Waals surface area (Å²) in [6, 6.07) is 0. The quantitative estimate of drug-likeness (QED) is 0.654. The van der Waals surface area contributed by atoms with Gasteiger partial charge in [-0.05, 0) is 30.9 Å². The highest BCUT2D eigenvalue weighted by molar-refractivity contribution is 7.99. The summed E-state index contributed by atoms with van der Waals surface area (Å²) in [5, 5.41) is 0. The molecule has 96 valence electrons. The fourth-order valence-electron chi connectivity index (χ4n) is 1.40. The van der Waals surface area contributed by atoms with E-state index in [9.17, 15) is 4.79 Å². The molecule has 0 N–H and O–H groups in total. The molecule has 0 bridgehead atoms. The molecule has 16 heavy (non-hydrogen) atoms. The molecule has 0 fully saturated rings. The highest BCUT2D eigenvalue weighted by atomic mass is 32.2. The van der Waals surface area contributed by atoms with Gasteiger partial charge < -0.3 is 4.90 Å². The molecule has 0 aliphatic rings. The van der Waals surface area contributed by atoms with E-state index < -0.39 is 0 Å². The third-order valence-electron chi connectivity index (χ3n) is 2.57. The molecule has 1 amide bonds. The van der Waals surface area contributed by atoms with Crippen molar-refractivity contribution in [3.05, 3.63) is 0 Å². The number of rotatable bonds is 8. The van der Waals surface area contributed by atoms with Crippen LogP contribution < -0.4 is 0 Å². The molecule has 0 aliphatic carbocycles. The number of carbonyl (C=O) groups excluding carboxylic acids is 1. The lowest BCUT2D eigenvalue weighted by Crippen LogP contribution is -2.35. The lowest BCUT2D eigenvalue weighted by molar-refractivity contribution is -0.128. The zero-order valence-corrected chi connectivity index (χ0v) is 12.3. The molecule has 0 aromatic carbocycles. The van der Waals surface area contributed by atoms with Crippen LogP contribution in [0, 0.1) is 11.8 Å². The van der Waals surface area contributed by atoms with Gasteiger partial charge in [0.2, 0.25) is 5.91 Å². The Morgan fingerprint density at radius 3 is 1.81 bits per heavy atom. The van der Waals surface area contributed by atoms with Crippen molar-refractivity contribution in [1.29, 1.82) is 0 Å². The highest BCUT2D eigenvalue weighted by Gasteiger charge is 2.13. The zero-order valence-electron chi connectivity index (χ0n) is 11.5. The largest absolute Gasteiger partial charge is 0.342 e. The van der Waals surface area contributed by atoms with Crippen molar-refractivity contribution >= 4 is 17.7 Å². The smallest absolute Gasteiger partial charge is 0.232 e. The third kappa shape index (κ3) is 8.03. The predicted molar refractivity (Wildman–Crippen MR) is 73.9 cm³/mol. The van der Waals surface area contributed by atoms with Gasteiger partial charge in [-0.1, -0.05) is 27.7 Å². The second-order valence-electron chi connectivity index (χ2n) is 5.18. The maximum absolute atomic E-state index is 11.9. The number of hydrogen-bond donors (Lipinski definition) is 0. The van der Waals surface area contributed by atoms with E-state index in [1.54, 1.807) is 11.8 Å². The van der Waals surface area contributed by atoms with E-state index in [4.69, 9.17) is 0 Å². The first kappa shape index (κ1) is 15.8. The number of amides is 1. The summed E-state index contributed by atoms with van der Waals surface area (Å²) in [5.74, 6) is 2.26. The number of hydrogen-bond acceptors (Lipinski definition) is 2. The maximum Gasteiger partial charge on any atom is 0.232 e. The maximum atomic E-state index is 11.9. The lowest BCUT2D eigenvalue weighted by Gasteiger charge is -2.24. The van der Waals surface area contributed by atoms with Crippen molar-refractivity contribution in [1.82, 2.24) is 4.90 Å². The van der Waals surface area contributed by atoms with Crippen LogP contribution in [-0.2, 0) is 4.79 Å². The Labute approximate surface area is 105 Å². The van der Waals surface area contributed by atoms with Crippen LogP contribution in [0.15, 0.2) is 0 Å². The van der Waals surface area contributed by atoms with Crippen molar-refractivity contribution in [3.63, 3.8) is 0 Å². The van der Waals surface area contributed by atoms with Gasteiger partial charge in [-0.2, -0.15) is 11.8 Å². The normalized spacial score (nSPS) is 11.2. The van der Waals surface area contributed by atoms with Crippen molar-refractivity contribution in [2.75, 3.05) is 25.1 Å². The summed E-state index contributed by atoms with van der Waals surface area (Å²) < 4.78 is 0. The molecule has 0 aromatic heterocycles.